The number of nitrogens with zero attached hydrogens (tertiary/aromatic N) is 4. The number of anilines is 1. The number of amides is 1. The van der Waals surface area contributed by atoms with Gasteiger partial charge in [0.15, 0.2) is 0 Å². The number of hydrogen-bond donors (Lipinski definition) is 1. The quantitative estimate of drug-likeness (QED) is 0.383. The molecule has 37 heavy (non-hydrogen) atoms. The van der Waals surface area contributed by atoms with Gasteiger partial charge in [0, 0.05) is 48.9 Å². The van der Waals surface area contributed by atoms with E-state index in [1.165, 1.54) is 18.4 Å². The smallest absolute Gasteiger partial charge is 0.254 e. The summed E-state index contributed by atoms with van der Waals surface area (Å²) in [6.07, 6.45) is 11.7. The van der Waals surface area contributed by atoms with Crippen molar-refractivity contribution in [2.24, 2.45) is 0 Å². The average molecular weight is 490 g/mol. The van der Waals surface area contributed by atoms with E-state index >= 15 is 0 Å². The summed E-state index contributed by atoms with van der Waals surface area (Å²) in [4.78, 5) is 30.7. The number of aryl methyl sites for hydroxylation is 1. The summed E-state index contributed by atoms with van der Waals surface area (Å²) < 4.78 is 0. The van der Waals surface area contributed by atoms with Gasteiger partial charge in [0.1, 0.15) is 11.6 Å². The molecule has 0 bridgehead atoms. The molecule has 6 rings (SSSR count). The van der Waals surface area contributed by atoms with Crippen LogP contribution in [0.2, 0.25) is 0 Å². The highest BCUT2D eigenvalue weighted by molar-refractivity contribution is 5.97. The first-order valence-electron chi connectivity index (χ1n) is 13.2. The number of nitrogens with one attached hydrogen (secondary N) is 1. The van der Waals surface area contributed by atoms with E-state index in [0.717, 1.165) is 84.0 Å². The van der Waals surface area contributed by atoms with Crippen LogP contribution in [0.1, 0.15) is 58.6 Å². The van der Waals surface area contributed by atoms with Gasteiger partial charge in [0.05, 0.1) is 17.2 Å². The predicted molar refractivity (Wildman–Crippen MR) is 148 cm³/mol. The van der Waals surface area contributed by atoms with Crippen LogP contribution in [0.25, 0.3) is 22.4 Å². The Morgan fingerprint density at radius 2 is 1.78 bits per heavy atom. The van der Waals surface area contributed by atoms with Crippen molar-refractivity contribution in [3.63, 3.8) is 0 Å². The molecule has 2 aliphatic rings. The number of fused-ring (bicyclic) bond motifs is 1. The molecule has 0 radical (unpaired) electrons. The van der Waals surface area contributed by atoms with E-state index in [1.807, 2.05) is 48.4 Å². The van der Waals surface area contributed by atoms with Crippen LogP contribution in [0.15, 0.2) is 54.7 Å². The molecule has 2 aromatic carbocycles. The topological polar surface area (TPSA) is 65.1 Å². The van der Waals surface area contributed by atoms with E-state index in [2.05, 4.69) is 39.0 Å². The number of H-pyrrole nitrogens is 1. The molecule has 6 heteroatoms. The van der Waals surface area contributed by atoms with Crippen molar-refractivity contribution in [3.8, 4) is 23.7 Å². The molecule has 1 N–H and O–H groups in total. The molecule has 4 heterocycles. The molecule has 0 atom stereocenters. The summed E-state index contributed by atoms with van der Waals surface area (Å²) in [5, 5.41) is 0. The van der Waals surface area contributed by atoms with Gasteiger partial charge < -0.3 is 14.8 Å². The van der Waals surface area contributed by atoms with Crippen LogP contribution in [0.4, 0.5) is 5.82 Å². The van der Waals surface area contributed by atoms with E-state index in [4.69, 9.17) is 11.4 Å². The lowest BCUT2D eigenvalue weighted by Gasteiger charge is -2.32. The first-order chi connectivity index (χ1) is 18.1. The fourth-order valence-electron chi connectivity index (χ4n) is 5.59. The average Bonchev–Trinajstić information content (AvgIpc) is 3.63. The third-order valence-electron chi connectivity index (χ3n) is 7.86. The van der Waals surface area contributed by atoms with E-state index in [-0.39, 0.29) is 5.91 Å². The van der Waals surface area contributed by atoms with Gasteiger partial charge in [-0.05, 0) is 67.9 Å². The van der Waals surface area contributed by atoms with Crippen LogP contribution < -0.4 is 4.90 Å². The number of imidazole rings is 1. The highest BCUT2D eigenvalue weighted by Crippen LogP contribution is 2.30. The third-order valence-corrected chi connectivity index (χ3v) is 7.86. The number of carbonyl (C=O) groups is 1. The normalized spacial score (nSPS) is 16.3. The van der Waals surface area contributed by atoms with Crippen molar-refractivity contribution in [2.45, 2.75) is 38.5 Å². The first kappa shape index (κ1) is 23.3. The van der Waals surface area contributed by atoms with Gasteiger partial charge in [-0.1, -0.05) is 30.2 Å². The zero-order chi connectivity index (χ0) is 25.4. The number of terminal acetylenes is 1. The molecule has 1 amide bonds. The van der Waals surface area contributed by atoms with E-state index in [1.54, 1.807) is 0 Å². The van der Waals surface area contributed by atoms with Gasteiger partial charge in [-0.25, -0.2) is 9.97 Å². The summed E-state index contributed by atoms with van der Waals surface area (Å²) >= 11 is 0. The number of likely N-dealkylation sites (tertiary alicyclic amines) is 1. The van der Waals surface area contributed by atoms with Crippen LogP contribution in [0.3, 0.4) is 0 Å². The Labute approximate surface area is 217 Å². The number of rotatable bonds is 4. The van der Waals surface area contributed by atoms with Crippen molar-refractivity contribution in [1.29, 1.82) is 0 Å². The lowest BCUT2D eigenvalue weighted by molar-refractivity contribution is 0.0712. The summed E-state index contributed by atoms with van der Waals surface area (Å²) in [5.41, 5.74) is 6.65. The lowest BCUT2D eigenvalue weighted by Crippen LogP contribution is -2.38. The van der Waals surface area contributed by atoms with Gasteiger partial charge >= 0.3 is 0 Å². The highest BCUT2D eigenvalue weighted by Gasteiger charge is 2.26. The van der Waals surface area contributed by atoms with Crippen molar-refractivity contribution >= 4 is 22.8 Å². The minimum absolute atomic E-state index is 0.0922. The maximum absolute atomic E-state index is 13.6. The maximum Gasteiger partial charge on any atom is 0.254 e. The Balaban J connectivity index is 1.19. The van der Waals surface area contributed by atoms with Crippen LogP contribution in [0, 0.1) is 19.3 Å². The van der Waals surface area contributed by atoms with Crippen molar-refractivity contribution in [1.82, 2.24) is 19.9 Å². The molecule has 0 aliphatic carbocycles. The van der Waals surface area contributed by atoms with Crippen molar-refractivity contribution < 1.29 is 4.79 Å². The summed E-state index contributed by atoms with van der Waals surface area (Å²) in [6, 6.07) is 16.4. The van der Waals surface area contributed by atoms with Crippen LogP contribution >= 0.6 is 0 Å². The van der Waals surface area contributed by atoms with Crippen LogP contribution in [-0.4, -0.2) is 51.9 Å². The highest BCUT2D eigenvalue weighted by atomic mass is 16.2. The van der Waals surface area contributed by atoms with Gasteiger partial charge in [-0.15, -0.1) is 6.42 Å². The standard InChI is InChI=1S/C31H31N5O/c1-3-22-7-10-23(11-8-22)24-12-16-36(17-13-24)31(37)26-18-25(9-6-21(26)2)30-33-27-19-29(32-20-28(27)34-30)35-14-4-5-15-35/h1,6-11,18-20,24H,4-5,12-17H2,2H3,(H,33,34). The minimum Gasteiger partial charge on any atom is -0.357 e. The van der Waals surface area contributed by atoms with Gasteiger partial charge in [0.25, 0.3) is 5.91 Å². The molecular weight excluding hydrogens is 458 g/mol. The summed E-state index contributed by atoms with van der Waals surface area (Å²) in [5.74, 6) is 4.97. The van der Waals surface area contributed by atoms with E-state index in [9.17, 15) is 4.79 Å². The fourth-order valence-corrected chi connectivity index (χ4v) is 5.59. The summed E-state index contributed by atoms with van der Waals surface area (Å²) in [6.45, 7) is 5.60. The third kappa shape index (κ3) is 4.58. The number of piperidine rings is 1. The molecule has 0 unspecified atom stereocenters. The van der Waals surface area contributed by atoms with E-state index in [0.29, 0.717) is 5.92 Å². The Morgan fingerprint density at radius 1 is 1.03 bits per heavy atom. The van der Waals surface area contributed by atoms with Crippen LogP contribution in [-0.2, 0) is 0 Å². The molecule has 6 nitrogen and oxygen atoms in total. The Bertz CT molecular complexity index is 1480. The SMILES string of the molecule is C#Cc1ccc(C2CCN(C(=O)c3cc(-c4nc5cc(N6CCCC6)ncc5[nH]4)ccc3C)CC2)cc1. The molecule has 0 saturated carbocycles. The van der Waals surface area contributed by atoms with E-state index < -0.39 is 0 Å². The molecule has 2 aromatic heterocycles. The molecular formula is C31H31N5O. The molecule has 186 valence electrons. The Kier molecular flexibility index (Phi) is 6.13. The van der Waals surface area contributed by atoms with Gasteiger partial charge in [-0.2, -0.15) is 0 Å². The predicted octanol–water partition coefficient (Wildman–Crippen LogP) is 5.53. The number of aromatic amines is 1. The summed E-state index contributed by atoms with van der Waals surface area (Å²) in [7, 11) is 0. The van der Waals surface area contributed by atoms with Gasteiger partial charge in [-0.3, -0.25) is 4.79 Å². The molecule has 2 fully saturated rings. The van der Waals surface area contributed by atoms with Crippen molar-refractivity contribution in [2.75, 3.05) is 31.1 Å². The second kappa shape index (κ2) is 9.74. The first-order valence-corrected chi connectivity index (χ1v) is 13.2. The number of benzene rings is 2. The zero-order valence-electron chi connectivity index (χ0n) is 21.2. The zero-order valence-corrected chi connectivity index (χ0v) is 21.2. The largest absolute Gasteiger partial charge is 0.357 e. The minimum atomic E-state index is 0.0922. The second-order valence-electron chi connectivity index (χ2n) is 10.2. The Hall–Kier alpha value is -4.11. The van der Waals surface area contributed by atoms with Crippen LogP contribution in [0.5, 0.6) is 0 Å². The van der Waals surface area contributed by atoms with Gasteiger partial charge in [0.2, 0.25) is 0 Å². The molecule has 0 spiro atoms. The monoisotopic (exact) mass is 489 g/mol. The molecule has 2 saturated heterocycles. The number of pyridine rings is 1. The fraction of sp³-hybridized carbons (Fsp3) is 0.323. The number of carbonyl (C=O) groups excluding carboxylic acids is 1. The Morgan fingerprint density at radius 3 is 2.51 bits per heavy atom. The molecule has 4 aromatic rings. The lowest BCUT2D eigenvalue weighted by atomic mass is 9.88. The maximum atomic E-state index is 13.6. The van der Waals surface area contributed by atoms with Crippen molar-refractivity contribution in [3.05, 3.63) is 77.0 Å². The number of aromatic nitrogens is 3. The second-order valence-corrected chi connectivity index (χ2v) is 10.2. The number of hydrogen-bond acceptors (Lipinski definition) is 4. The molecule has 2 aliphatic heterocycles.